The van der Waals surface area contributed by atoms with Gasteiger partial charge in [0.2, 0.25) is 15.6 Å². The number of sulfone groups is 1. The van der Waals surface area contributed by atoms with Crippen molar-refractivity contribution in [2.24, 2.45) is 5.92 Å². The minimum atomic E-state index is -5.28. The number of fused-ring (bicyclic) bond motifs is 1. The van der Waals surface area contributed by atoms with E-state index >= 15 is 0 Å². The molecule has 0 aromatic heterocycles. The maximum atomic E-state index is 13.9. The van der Waals surface area contributed by atoms with Gasteiger partial charge >= 0.3 is 11.7 Å². The molecule has 2 aliphatic carbocycles. The Kier molecular flexibility index (Phi) is 4.84. The van der Waals surface area contributed by atoms with Crippen LogP contribution in [0.1, 0.15) is 6.42 Å². The Balaban J connectivity index is 2.05. The summed E-state index contributed by atoms with van der Waals surface area (Å²) in [5, 5.41) is -0.0469. The second-order valence-corrected chi connectivity index (χ2v) is 8.30. The Bertz CT molecular complexity index is 951. The van der Waals surface area contributed by atoms with Crippen molar-refractivity contribution in [3.8, 4) is 5.75 Å². The van der Waals surface area contributed by atoms with E-state index in [-0.39, 0.29) is 10.8 Å². The molecule has 2 unspecified atom stereocenters. The summed E-state index contributed by atoms with van der Waals surface area (Å²) in [6.07, 6.45) is -0.817. The first-order valence-corrected chi connectivity index (χ1v) is 9.35. The van der Waals surface area contributed by atoms with Crippen molar-refractivity contribution < 1.29 is 39.9 Å². The number of alkyl halides is 4. The molecule has 1 aromatic carbocycles. The molecule has 1 aromatic rings. The Morgan fingerprint density at radius 1 is 1.22 bits per heavy atom. The maximum absolute atomic E-state index is 13.9. The van der Waals surface area contributed by atoms with Gasteiger partial charge in [-0.3, -0.25) is 4.79 Å². The number of carbonyl (C=O) groups excluding carboxylic acids is 1. The lowest BCUT2D eigenvalue weighted by Crippen LogP contribution is -2.30. The fourth-order valence-corrected chi connectivity index (χ4v) is 4.26. The second-order valence-electron chi connectivity index (χ2n) is 5.97. The summed E-state index contributed by atoms with van der Waals surface area (Å²) in [5.41, 5.74) is -0.935. The molecule has 11 heteroatoms. The van der Waals surface area contributed by atoms with E-state index in [1.807, 2.05) is 0 Å². The van der Waals surface area contributed by atoms with Gasteiger partial charge in [0, 0.05) is 29.0 Å². The molecule has 0 heterocycles. The van der Waals surface area contributed by atoms with Crippen LogP contribution in [0.15, 0.2) is 40.8 Å². The summed E-state index contributed by atoms with van der Waals surface area (Å²) < 4.78 is 95.9. The molecule has 0 spiro atoms. The lowest BCUT2D eigenvalue weighted by Gasteiger charge is -2.26. The zero-order chi connectivity index (χ0) is 20.1. The predicted octanol–water partition coefficient (Wildman–Crippen LogP) is 3.91. The van der Waals surface area contributed by atoms with Gasteiger partial charge in [0.1, 0.15) is 17.7 Å². The molecule has 3 rings (SSSR count). The number of halogens is 6. The average Bonchev–Trinajstić information content (AvgIpc) is 2.77. The summed E-state index contributed by atoms with van der Waals surface area (Å²) in [6.45, 7) is 0. The van der Waals surface area contributed by atoms with Crippen LogP contribution in [-0.2, 0) is 14.6 Å². The largest absolute Gasteiger partial charge is 0.486 e. The van der Waals surface area contributed by atoms with Crippen LogP contribution in [-0.4, -0.2) is 32.0 Å². The first kappa shape index (κ1) is 19.8. The van der Waals surface area contributed by atoms with E-state index < -0.39 is 62.0 Å². The molecule has 2 aliphatic rings. The molecule has 4 nitrogen and oxygen atoms in total. The van der Waals surface area contributed by atoms with Gasteiger partial charge in [-0.25, -0.2) is 12.8 Å². The molecular weight excluding hydrogens is 419 g/mol. The average molecular weight is 429 g/mol. The number of hydrogen-bond donors (Lipinski definition) is 0. The molecule has 2 atom stereocenters. The minimum absolute atomic E-state index is 0.0469. The highest BCUT2D eigenvalue weighted by Gasteiger charge is 2.57. The predicted molar refractivity (Wildman–Crippen MR) is 85.0 cm³/mol. The molecule has 0 saturated heterocycles. The normalized spacial score (nSPS) is 24.5. The van der Waals surface area contributed by atoms with Gasteiger partial charge in [-0.05, 0) is 24.3 Å². The van der Waals surface area contributed by atoms with E-state index in [4.69, 9.17) is 16.3 Å². The van der Waals surface area contributed by atoms with E-state index in [0.717, 1.165) is 18.2 Å². The number of rotatable bonds is 4. The summed E-state index contributed by atoms with van der Waals surface area (Å²) in [6, 6.07) is 3.06. The van der Waals surface area contributed by atoms with Gasteiger partial charge in [-0.2, -0.15) is 17.6 Å². The smallest absolute Gasteiger partial charge is 0.341 e. The van der Waals surface area contributed by atoms with Crippen LogP contribution in [0.2, 0.25) is 5.02 Å². The van der Waals surface area contributed by atoms with Crippen LogP contribution in [0.3, 0.4) is 0 Å². The molecular formula is C16H10ClF5O4S. The molecule has 27 heavy (non-hydrogen) atoms. The molecule has 1 fully saturated rings. The van der Waals surface area contributed by atoms with Crippen molar-refractivity contribution in [3.63, 3.8) is 0 Å². The van der Waals surface area contributed by atoms with Gasteiger partial charge in [0.05, 0.1) is 4.91 Å². The van der Waals surface area contributed by atoms with Gasteiger partial charge in [0.25, 0.3) is 0 Å². The standard InChI is InChI=1S/C16H10ClF5O4S/c17-7-3-8(18)5-9(4-7)26-11-1-2-12(27(24,25)15(19)20)13-10(11)6-16(21,22)14(13)23/h1-5,10-11,15H,6H2. The first-order valence-electron chi connectivity index (χ1n) is 7.43. The van der Waals surface area contributed by atoms with Gasteiger partial charge < -0.3 is 4.74 Å². The number of ketones is 1. The van der Waals surface area contributed by atoms with Gasteiger partial charge in [0.15, 0.2) is 0 Å². The molecule has 0 bridgehead atoms. The molecule has 0 amide bonds. The fourth-order valence-electron chi connectivity index (χ4n) is 3.04. The lowest BCUT2D eigenvalue weighted by molar-refractivity contribution is -0.135. The number of carbonyl (C=O) groups is 1. The highest BCUT2D eigenvalue weighted by Crippen LogP contribution is 2.47. The van der Waals surface area contributed by atoms with Crippen molar-refractivity contribution in [2.45, 2.75) is 24.2 Å². The molecule has 0 radical (unpaired) electrons. The van der Waals surface area contributed by atoms with Crippen molar-refractivity contribution in [1.29, 1.82) is 0 Å². The van der Waals surface area contributed by atoms with Crippen LogP contribution in [0, 0.1) is 11.7 Å². The second kappa shape index (κ2) is 6.59. The summed E-state index contributed by atoms with van der Waals surface area (Å²) in [5.74, 6) is -12.1. The third kappa shape index (κ3) is 3.47. The van der Waals surface area contributed by atoms with Crippen LogP contribution >= 0.6 is 11.6 Å². The lowest BCUT2D eigenvalue weighted by atomic mass is 9.91. The van der Waals surface area contributed by atoms with Crippen molar-refractivity contribution in [3.05, 3.63) is 51.7 Å². The maximum Gasteiger partial charge on any atom is 0.341 e. The topological polar surface area (TPSA) is 60.4 Å². The highest BCUT2D eigenvalue weighted by molar-refractivity contribution is 7.95. The van der Waals surface area contributed by atoms with E-state index in [0.29, 0.717) is 6.08 Å². The fraction of sp³-hybridized carbons (Fsp3) is 0.312. The Hall–Kier alpha value is -1.94. The van der Waals surface area contributed by atoms with Crippen molar-refractivity contribution in [1.82, 2.24) is 0 Å². The number of ether oxygens (including phenoxy) is 1. The van der Waals surface area contributed by atoms with Gasteiger partial charge in [-0.15, -0.1) is 0 Å². The van der Waals surface area contributed by atoms with Crippen molar-refractivity contribution >= 4 is 27.2 Å². The Labute approximate surface area is 155 Å². The summed E-state index contributed by atoms with van der Waals surface area (Å²) in [4.78, 5) is 10.8. The quantitative estimate of drug-likeness (QED) is 0.682. The van der Waals surface area contributed by atoms with Crippen LogP contribution in [0.5, 0.6) is 5.75 Å². The SMILES string of the molecule is O=C1C2=C(S(=O)(=O)C(F)F)C=CC(Oc3cc(F)cc(Cl)c3)C2CC1(F)F. The Morgan fingerprint density at radius 3 is 2.48 bits per heavy atom. The van der Waals surface area contributed by atoms with Crippen LogP contribution in [0.25, 0.3) is 0 Å². The first-order chi connectivity index (χ1) is 12.4. The summed E-state index contributed by atoms with van der Waals surface area (Å²) in [7, 11) is -5.28. The van der Waals surface area contributed by atoms with E-state index in [1.165, 1.54) is 6.07 Å². The van der Waals surface area contributed by atoms with Crippen LogP contribution < -0.4 is 4.74 Å². The molecule has 0 N–H and O–H groups in total. The van der Waals surface area contributed by atoms with E-state index in [2.05, 4.69) is 0 Å². The van der Waals surface area contributed by atoms with Gasteiger partial charge in [-0.1, -0.05) is 11.6 Å². The Morgan fingerprint density at radius 2 is 1.89 bits per heavy atom. The number of benzene rings is 1. The third-order valence-corrected chi connectivity index (χ3v) is 5.83. The number of hydrogen-bond acceptors (Lipinski definition) is 4. The zero-order valence-electron chi connectivity index (χ0n) is 13.1. The molecule has 0 aliphatic heterocycles. The number of allylic oxidation sites excluding steroid dienone is 1. The van der Waals surface area contributed by atoms with E-state index in [1.54, 1.807) is 0 Å². The molecule has 1 saturated carbocycles. The monoisotopic (exact) mass is 428 g/mol. The molecule has 146 valence electrons. The minimum Gasteiger partial charge on any atom is -0.486 e. The number of Topliss-reactive ketones (excluding diaryl/α,β-unsaturated/α-hetero) is 1. The highest BCUT2D eigenvalue weighted by atomic mass is 35.5. The van der Waals surface area contributed by atoms with E-state index in [9.17, 15) is 35.2 Å². The van der Waals surface area contributed by atoms with Crippen molar-refractivity contribution in [2.75, 3.05) is 0 Å². The summed E-state index contributed by atoms with van der Waals surface area (Å²) >= 11 is 5.68. The third-order valence-electron chi connectivity index (χ3n) is 4.17. The van der Waals surface area contributed by atoms with Crippen LogP contribution in [0.4, 0.5) is 22.0 Å². The zero-order valence-corrected chi connectivity index (χ0v) is 14.7.